The summed E-state index contributed by atoms with van der Waals surface area (Å²) in [5, 5.41) is 6.60. The van der Waals surface area contributed by atoms with Crippen molar-refractivity contribution in [1.82, 2.24) is 20.0 Å². The van der Waals surface area contributed by atoms with E-state index < -0.39 is 6.04 Å². The number of nitrogens with zero attached hydrogens (tertiary/aromatic N) is 4. The Bertz CT molecular complexity index is 888. The van der Waals surface area contributed by atoms with Gasteiger partial charge in [0.05, 0.1) is 6.42 Å². The summed E-state index contributed by atoms with van der Waals surface area (Å²) in [6.07, 6.45) is 7.16. The zero-order valence-corrected chi connectivity index (χ0v) is 19.8. The summed E-state index contributed by atoms with van der Waals surface area (Å²) in [6.45, 7) is 2.87. The van der Waals surface area contributed by atoms with Crippen LogP contribution in [0.5, 0.6) is 0 Å². The topological polar surface area (TPSA) is 111 Å². The number of carbonyl (C=O) groups excluding carboxylic acids is 3. The highest BCUT2D eigenvalue weighted by molar-refractivity contribution is 5.97. The van der Waals surface area contributed by atoms with Crippen LogP contribution in [0.1, 0.15) is 44.1 Å². The second-order valence-corrected chi connectivity index (χ2v) is 9.67. The molecule has 3 amide bonds. The lowest BCUT2D eigenvalue weighted by Gasteiger charge is -2.40. The Morgan fingerprint density at radius 2 is 1.97 bits per heavy atom. The van der Waals surface area contributed by atoms with Gasteiger partial charge in [-0.2, -0.15) is 5.10 Å². The van der Waals surface area contributed by atoms with Crippen molar-refractivity contribution >= 4 is 24.1 Å². The van der Waals surface area contributed by atoms with Crippen LogP contribution in [-0.4, -0.2) is 83.6 Å². The van der Waals surface area contributed by atoms with Gasteiger partial charge < -0.3 is 25.9 Å². The molecule has 0 aromatic heterocycles. The summed E-state index contributed by atoms with van der Waals surface area (Å²) in [5.41, 5.74) is 1.20. The Labute approximate surface area is 201 Å². The number of nitrogens with one attached hydrogen (secondary N) is 1. The van der Waals surface area contributed by atoms with Crippen molar-refractivity contribution in [3.63, 3.8) is 0 Å². The van der Waals surface area contributed by atoms with Crippen molar-refractivity contribution in [3.05, 3.63) is 35.9 Å². The number of aryl methyl sites for hydroxylation is 1. The molecule has 184 valence electrons. The van der Waals surface area contributed by atoms with Crippen molar-refractivity contribution in [2.24, 2.45) is 16.9 Å². The zero-order valence-electron chi connectivity index (χ0n) is 19.8. The van der Waals surface area contributed by atoms with Gasteiger partial charge in [0.25, 0.3) is 0 Å². The van der Waals surface area contributed by atoms with E-state index in [-0.39, 0.29) is 36.7 Å². The van der Waals surface area contributed by atoms with Crippen molar-refractivity contribution in [1.29, 1.82) is 0 Å². The summed E-state index contributed by atoms with van der Waals surface area (Å²) in [5.74, 6) is 5.26. The van der Waals surface area contributed by atoms with Gasteiger partial charge in [0.15, 0.2) is 0 Å². The Hall–Kier alpha value is -3.10. The van der Waals surface area contributed by atoms with Gasteiger partial charge >= 0.3 is 0 Å². The molecule has 2 atom stereocenters. The van der Waals surface area contributed by atoms with Crippen LogP contribution in [0.15, 0.2) is 35.4 Å². The van der Waals surface area contributed by atoms with Gasteiger partial charge in [-0.15, -0.1) is 0 Å². The molecule has 2 saturated heterocycles. The highest BCUT2D eigenvalue weighted by Gasteiger charge is 2.45. The smallest absolute Gasteiger partial charge is 0.246 e. The lowest BCUT2D eigenvalue weighted by atomic mass is 9.98. The standard InChI is InChI=1S/C25H36N6O3/c26-28-18-29-12-4-9-20(16-29)15-27-23(32)14-22-25(34)31(21-10-11-21)17-24(33)30(22)13-5-8-19-6-2-1-3-7-19/h1-3,6-7,18,20-22H,4-5,8-17,26H2,(H,27,32)/t20-,22-/m0/s1. The second kappa shape index (κ2) is 11.4. The Kier molecular flexibility index (Phi) is 8.03. The fourth-order valence-electron chi connectivity index (χ4n) is 5.05. The number of benzene rings is 1. The quantitative estimate of drug-likeness (QED) is 0.230. The first-order chi connectivity index (χ1) is 16.5. The van der Waals surface area contributed by atoms with Gasteiger partial charge in [0, 0.05) is 32.2 Å². The van der Waals surface area contributed by atoms with Crippen LogP contribution < -0.4 is 11.2 Å². The number of hydrogen-bond donors (Lipinski definition) is 2. The van der Waals surface area contributed by atoms with E-state index in [0.29, 0.717) is 19.0 Å². The molecule has 0 radical (unpaired) electrons. The van der Waals surface area contributed by atoms with Crippen molar-refractivity contribution in [2.45, 2.75) is 57.0 Å². The number of rotatable bonds is 10. The molecule has 2 heterocycles. The van der Waals surface area contributed by atoms with E-state index in [0.717, 1.165) is 51.6 Å². The van der Waals surface area contributed by atoms with Gasteiger partial charge in [-0.3, -0.25) is 14.4 Å². The van der Waals surface area contributed by atoms with Crippen LogP contribution in [0.4, 0.5) is 0 Å². The second-order valence-electron chi connectivity index (χ2n) is 9.67. The molecule has 4 rings (SSSR count). The van der Waals surface area contributed by atoms with Crippen LogP contribution in [0, 0.1) is 5.92 Å². The molecular formula is C25H36N6O3. The van der Waals surface area contributed by atoms with Gasteiger partial charge in [-0.05, 0) is 50.0 Å². The molecule has 2 aliphatic heterocycles. The molecule has 3 N–H and O–H groups in total. The van der Waals surface area contributed by atoms with Crippen LogP contribution >= 0.6 is 0 Å². The Morgan fingerprint density at radius 3 is 2.71 bits per heavy atom. The number of amides is 3. The third-order valence-corrected chi connectivity index (χ3v) is 7.01. The molecule has 1 saturated carbocycles. The summed E-state index contributed by atoms with van der Waals surface area (Å²) in [6, 6.07) is 9.55. The molecule has 0 unspecified atom stereocenters. The largest absolute Gasteiger partial charge is 0.361 e. The first-order valence-corrected chi connectivity index (χ1v) is 12.4. The molecule has 34 heavy (non-hydrogen) atoms. The Balaban J connectivity index is 1.34. The van der Waals surface area contributed by atoms with Crippen molar-refractivity contribution < 1.29 is 14.4 Å². The summed E-state index contributed by atoms with van der Waals surface area (Å²) in [7, 11) is 0. The summed E-state index contributed by atoms with van der Waals surface area (Å²) < 4.78 is 0. The van der Waals surface area contributed by atoms with E-state index in [9.17, 15) is 14.4 Å². The molecule has 9 nitrogen and oxygen atoms in total. The molecule has 0 spiro atoms. The summed E-state index contributed by atoms with van der Waals surface area (Å²) in [4.78, 5) is 44.5. The molecule has 1 aromatic carbocycles. The lowest BCUT2D eigenvalue weighted by molar-refractivity contribution is -0.157. The van der Waals surface area contributed by atoms with E-state index in [2.05, 4.69) is 27.5 Å². The number of hydrogen-bond acceptors (Lipinski definition) is 5. The molecule has 1 aromatic rings. The number of likely N-dealkylation sites (tertiary alicyclic amines) is 1. The molecule has 3 fully saturated rings. The minimum absolute atomic E-state index is 0.0137. The first-order valence-electron chi connectivity index (χ1n) is 12.4. The van der Waals surface area contributed by atoms with E-state index in [1.165, 1.54) is 5.56 Å². The molecule has 3 aliphatic rings. The minimum atomic E-state index is -0.718. The first kappa shape index (κ1) is 24.0. The normalized spacial score (nSPS) is 23.6. The predicted octanol–water partition coefficient (Wildman–Crippen LogP) is 0.941. The van der Waals surface area contributed by atoms with Crippen molar-refractivity contribution in [3.8, 4) is 0 Å². The minimum Gasteiger partial charge on any atom is -0.361 e. The fourth-order valence-corrected chi connectivity index (χ4v) is 5.05. The summed E-state index contributed by atoms with van der Waals surface area (Å²) >= 11 is 0. The van der Waals surface area contributed by atoms with Crippen molar-refractivity contribution in [2.75, 3.05) is 32.7 Å². The number of carbonyl (C=O) groups is 3. The van der Waals surface area contributed by atoms with E-state index in [1.54, 1.807) is 16.1 Å². The maximum absolute atomic E-state index is 13.3. The molecular weight excluding hydrogens is 432 g/mol. The molecule has 0 bridgehead atoms. The zero-order chi connectivity index (χ0) is 23.9. The average molecular weight is 469 g/mol. The third-order valence-electron chi connectivity index (χ3n) is 7.01. The van der Waals surface area contributed by atoms with Crippen LogP contribution in [-0.2, 0) is 20.8 Å². The maximum atomic E-state index is 13.3. The lowest BCUT2D eigenvalue weighted by Crippen LogP contribution is -2.61. The van der Waals surface area contributed by atoms with Gasteiger partial charge in [0.2, 0.25) is 17.7 Å². The highest BCUT2D eigenvalue weighted by Crippen LogP contribution is 2.31. The van der Waals surface area contributed by atoms with E-state index in [1.807, 2.05) is 18.2 Å². The number of piperazine rings is 1. The average Bonchev–Trinajstić information content (AvgIpc) is 3.68. The fraction of sp³-hybridized carbons (Fsp3) is 0.600. The van der Waals surface area contributed by atoms with Crippen LogP contribution in [0.2, 0.25) is 0 Å². The predicted molar refractivity (Wildman–Crippen MR) is 130 cm³/mol. The molecule has 9 heteroatoms. The van der Waals surface area contributed by atoms with Crippen LogP contribution in [0.25, 0.3) is 0 Å². The van der Waals surface area contributed by atoms with Gasteiger partial charge in [-0.25, -0.2) is 0 Å². The maximum Gasteiger partial charge on any atom is 0.246 e. The third kappa shape index (κ3) is 6.27. The van der Waals surface area contributed by atoms with Crippen LogP contribution in [0.3, 0.4) is 0 Å². The van der Waals surface area contributed by atoms with Gasteiger partial charge in [0.1, 0.15) is 18.9 Å². The van der Waals surface area contributed by atoms with Gasteiger partial charge in [-0.1, -0.05) is 30.3 Å². The monoisotopic (exact) mass is 468 g/mol. The molecule has 1 aliphatic carbocycles. The number of nitrogens with two attached hydrogens (primary N) is 1. The highest BCUT2D eigenvalue weighted by atomic mass is 16.2. The van der Waals surface area contributed by atoms with E-state index in [4.69, 9.17) is 5.84 Å². The van der Waals surface area contributed by atoms with E-state index >= 15 is 0 Å². The Morgan fingerprint density at radius 1 is 1.18 bits per heavy atom. The number of hydrazone groups is 1. The SMILES string of the molecule is NN=CN1CCC[C@@H](CNC(=O)C[C@H]2C(=O)N(C3CC3)CC(=O)N2CCCc2ccccc2)C1. The number of piperidine rings is 1.